The van der Waals surface area contributed by atoms with Gasteiger partial charge in [0, 0.05) is 10.6 Å². The number of hydrogen-bond acceptors (Lipinski definition) is 3. The van der Waals surface area contributed by atoms with Crippen LogP contribution in [0.25, 0.3) is 0 Å². The van der Waals surface area contributed by atoms with Crippen LogP contribution in [0.2, 0.25) is 10.0 Å². The number of carbonyl (C=O) groups excluding carboxylic acids is 1. The Morgan fingerprint density at radius 3 is 2.10 bits per heavy atom. The molecule has 3 nitrogen and oxygen atoms in total. The molecule has 0 radical (unpaired) electrons. The van der Waals surface area contributed by atoms with Gasteiger partial charge in [-0.2, -0.15) is 0 Å². The van der Waals surface area contributed by atoms with Gasteiger partial charge in [0.15, 0.2) is 15.6 Å². The molecule has 0 saturated heterocycles. The van der Waals surface area contributed by atoms with Crippen LogP contribution in [0, 0.1) is 0 Å². The molecule has 2 rings (SSSR count). The van der Waals surface area contributed by atoms with Crippen molar-refractivity contribution in [2.24, 2.45) is 0 Å². The van der Waals surface area contributed by atoms with E-state index >= 15 is 0 Å². The SMILES string of the molecule is O=C(CS(=O)(=O)Cc1ccccc1Cl)c1ccccc1Cl. The topological polar surface area (TPSA) is 51.2 Å². The maximum atomic E-state index is 12.1. The highest BCUT2D eigenvalue weighted by Crippen LogP contribution is 2.20. The van der Waals surface area contributed by atoms with Crippen LogP contribution in [0.1, 0.15) is 15.9 Å². The van der Waals surface area contributed by atoms with Crippen molar-refractivity contribution in [2.45, 2.75) is 5.75 Å². The highest BCUT2D eigenvalue weighted by molar-refractivity contribution is 7.91. The van der Waals surface area contributed by atoms with E-state index in [2.05, 4.69) is 0 Å². The van der Waals surface area contributed by atoms with Crippen LogP contribution in [-0.2, 0) is 15.6 Å². The Balaban J connectivity index is 2.17. The lowest BCUT2D eigenvalue weighted by Crippen LogP contribution is -2.18. The molecule has 0 heterocycles. The quantitative estimate of drug-likeness (QED) is 0.776. The van der Waals surface area contributed by atoms with Gasteiger partial charge in [0.2, 0.25) is 0 Å². The van der Waals surface area contributed by atoms with Gasteiger partial charge in [0.05, 0.1) is 10.8 Å². The Morgan fingerprint density at radius 1 is 0.905 bits per heavy atom. The summed E-state index contributed by atoms with van der Waals surface area (Å²) in [6, 6.07) is 13.0. The molecule has 110 valence electrons. The second-order valence-electron chi connectivity index (χ2n) is 4.53. The number of benzene rings is 2. The smallest absolute Gasteiger partial charge is 0.179 e. The van der Waals surface area contributed by atoms with Gasteiger partial charge < -0.3 is 0 Å². The van der Waals surface area contributed by atoms with Crippen molar-refractivity contribution >= 4 is 38.8 Å². The van der Waals surface area contributed by atoms with Gasteiger partial charge in [-0.25, -0.2) is 8.42 Å². The molecule has 6 heteroatoms. The van der Waals surface area contributed by atoms with Gasteiger partial charge in [-0.1, -0.05) is 53.5 Å². The predicted molar refractivity (Wildman–Crippen MR) is 84.7 cm³/mol. The zero-order valence-electron chi connectivity index (χ0n) is 10.9. The lowest BCUT2D eigenvalue weighted by Gasteiger charge is -2.07. The van der Waals surface area contributed by atoms with Gasteiger partial charge in [0.25, 0.3) is 0 Å². The van der Waals surface area contributed by atoms with E-state index in [0.29, 0.717) is 10.6 Å². The Morgan fingerprint density at radius 2 is 1.48 bits per heavy atom. The fourth-order valence-electron chi connectivity index (χ4n) is 1.87. The van der Waals surface area contributed by atoms with Gasteiger partial charge in [0.1, 0.15) is 5.75 Å². The fourth-order valence-corrected chi connectivity index (χ4v) is 3.77. The first-order valence-electron chi connectivity index (χ1n) is 6.10. The first-order chi connectivity index (χ1) is 9.89. The third-order valence-electron chi connectivity index (χ3n) is 2.86. The minimum absolute atomic E-state index is 0.210. The number of ketones is 1. The molecule has 0 aliphatic heterocycles. The molecule has 0 aliphatic carbocycles. The minimum atomic E-state index is -3.61. The molecule has 0 amide bonds. The molecule has 0 aromatic heterocycles. The lowest BCUT2D eigenvalue weighted by molar-refractivity contribution is 0.102. The number of rotatable bonds is 5. The summed E-state index contributed by atoms with van der Waals surface area (Å²) in [6.07, 6.45) is 0. The van der Waals surface area contributed by atoms with Crippen LogP contribution in [0.3, 0.4) is 0 Å². The standard InChI is InChI=1S/C15H12Cl2O3S/c16-13-7-3-1-5-11(13)9-21(19,20)10-15(18)12-6-2-4-8-14(12)17/h1-8H,9-10H2. The molecular formula is C15H12Cl2O3S. The Labute approximate surface area is 133 Å². The average molecular weight is 343 g/mol. The van der Waals surface area contributed by atoms with Crippen molar-refractivity contribution in [1.29, 1.82) is 0 Å². The molecule has 0 saturated carbocycles. The van der Waals surface area contributed by atoms with E-state index in [-0.39, 0.29) is 16.3 Å². The molecule has 2 aromatic carbocycles. The van der Waals surface area contributed by atoms with E-state index < -0.39 is 21.4 Å². The van der Waals surface area contributed by atoms with Crippen molar-refractivity contribution in [3.8, 4) is 0 Å². The summed E-state index contributed by atoms with van der Waals surface area (Å²) in [4.78, 5) is 12.1. The van der Waals surface area contributed by atoms with E-state index in [1.165, 1.54) is 6.07 Å². The molecular weight excluding hydrogens is 331 g/mol. The number of sulfone groups is 1. The number of halogens is 2. The number of Topliss-reactive ketones (excluding diaryl/α,β-unsaturated/α-hetero) is 1. The average Bonchev–Trinajstić information content (AvgIpc) is 2.41. The Hall–Kier alpha value is -1.36. The van der Waals surface area contributed by atoms with Crippen molar-refractivity contribution in [1.82, 2.24) is 0 Å². The number of carbonyl (C=O) groups is 1. The van der Waals surface area contributed by atoms with E-state index in [9.17, 15) is 13.2 Å². The van der Waals surface area contributed by atoms with Gasteiger partial charge >= 0.3 is 0 Å². The summed E-state index contributed by atoms with van der Waals surface area (Å²) in [7, 11) is -3.61. The summed E-state index contributed by atoms with van der Waals surface area (Å²) in [6.45, 7) is 0. The normalized spacial score (nSPS) is 11.3. The van der Waals surface area contributed by atoms with Crippen molar-refractivity contribution in [3.05, 3.63) is 69.7 Å². The molecule has 0 spiro atoms. The van der Waals surface area contributed by atoms with E-state index in [0.717, 1.165) is 0 Å². The molecule has 0 unspecified atom stereocenters. The first-order valence-corrected chi connectivity index (χ1v) is 8.68. The highest BCUT2D eigenvalue weighted by Gasteiger charge is 2.21. The first kappa shape index (κ1) is 16.0. The third kappa shape index (κ3) is 4.30. The molecule has 2 aromatic rings. The van der Waals surface area contributed by atoms with Crippen LogP contribution < -0.4 is 0 Å². The summed E-state index contributed by atoms with van der Waals surface area (Å²) >= 11 is 11.8. The fraction of sp³-hybridized carbons (Fsp3) is 0.133. The monoisotopic (exact) mass is 342 g/mol. The molecule has 0 fully saturated rings. The van der Waals surface area contributed by atoms with Crippen molar-refractivity contribution < 1.29 is 13.2 Å². The summed E-state index contributed by atoms with van der Waals surface area (Å²) in [5, 5.41) is 0.613. The Bertz CT molecular complexity index is 770. The molecule has 21 heavy (non-hydrogen) atoms. The molecule has 0 aliphatic rings. The van der Waals surface area contributed by atoms with E-state index in [1.807, 2.05) is 0 Å². The lowest BCUT2D eigenvalue weighted by atomic mass is 10.1. The summed E-state index contributed by atoms with van der Waals surface area (Å²) in [5.41, 5.74) is 0.688. The molecule has 0 N–H and O–H groups in total. The number of hydrogen-bond donors (Lipinski definition) is 0. The zero-order chi connectivity index (χ0) is 15.5. The summed E-state index contributed by atoms with van der Waals surface area (Å²) < 4.78 is 24.2. The molecule has 0 atom stereocenters. The minimum Gasteiger partial charge on any atom is -0.293 e. The highest BCUT2D eigenvalue weighted by atomic mass is 35.5. The predicted octanol–water partition coefficient (Wildman–Crippen LogP) is 3.79. The third-order valence-corrected chi connectivity index (χ3v) is 5.01. The Kier molecular flexibility index (Phi) is 5.04. The van der Waals surface area contributed by atoms with E-state index in [4.69, 9.17) is 23.2 Å². The molecule has 0 bridgehead atoms. The summed E-state index contributed by atoms with van der Waals surface area (Å²) in [5.74, 6) is -1.39. The van der Waals surface area contributed by atoms with Crippen molar-refractivity contribution in [2.75, 3.05) is 5.75 Å². The zero-order valence-corrected chi connectivity index (χ0v) is 13.3. The maximum Gasteiger partial charge on any atom is 0.179 e. The second kappa shape index (κ2) is 6.60. The largest absolute Gasteiger partial charge is 0.293 e. The maximum absolute atomic E-state index is 12.1. The van der Waals surface area contributed by atoms with Crippen molar-refractivity contribution in [3.63, 3.8) is 0 Å². The van der Waals surface area contributed by atoms with Crippen LogP contribution in [-0.4, -0.2) is 20.0 Å². The van der Waals surface area contributed by atoms with Gasteiger partial charge in [-0.15, -0.1) is 0 Å². The van der Waals surface area contributed by atoms with Crippen LogP contribution in [0.4, 0.5) is 0 Å². The van der Waals surface area contributed by atoms with Crippen LogP contribution >= 0.6 is 23.2 Å². The van der Waals surface area contributed by atoms with Crippen LogP contribution in [0.15, 0.2) is 48.5 Å². The van der Waals surface area contributed by atoms with Gasteiger partial charge in [-0.05, 0) is 23.8 Å². The second-order valence-corrected chi connectivity index (χ2v) is 7.41. The van der Waals surface area contributed by atoms with Crippen LogP contribution in [0.5, 0.6) is 0 Å². The van der Waals surface area contributed by atoms with Gasteiger partial charge in [-0.3, -0.25) is 4.79 Å². The van der Waals surface area contributed by atoms with E-state index in [1.54, 1.807) is 42.5 Å².